The van der Waals surface area contributed by atoms with Crippen molar-refractivity contribution in [2.75, 3.05) is 0 Å². The zero-order chi connectivity index (χ0) is 15.7. The first-order valence-corrected chi connectivity index (χ1v) is 6.81. The molecule has 0 fully saturated rings. The summed E-state index contributed by atoms with van der Waals surface area (Å²) in [6.45, 7) is 5.17. The van der Waals surface area contributed by atoms with E-state index in [1.807, 2.05) is 30.3 Å². The van der Waals surface area contributed by atoms with Crippen LogP contribution in [0.5, 0.6) is 0 Å². The van der Waals surface area contributed by atoms with Gasteiger partial charge in [0.1, 0.15) is 12.1 Å². The fourth-order valence-electron chi connectivity index (χ4n) is 1.81. The molecular weight excluding hydrogens is 270 g/mol. The molecule has 1 atom stereocenters. The Labute approximate surface area is 124 Å². The molecule has 1 rings (SSSR count). The second kappa shape index (κ2) is 8.09. The molecule has 1 amide bonds. The average Bonchev–Trinajstić information content (AvgIpc) is 2.46. The second-order valence-electron chi connectivity index (χ2n) is 5.00. The third-order valence-corrected chi connectivity index (χ3v) is 3.15. The molecule has 21 heavy (non-hydrogen) atoms. The number of carbonyl (C=O) groups excluding carboxylic acids is 1. The van der Waals surface area contributed by atoms with Crippen LogP contribution in [0, 0.1) is 0 Å². The molecular formula is C16H21NO4. The summed E-state index contributed by atoms with van der Waals surface area (Å²) in [4.78, 5) is 23.1. The SMILES string of the molecule is C=CCCC[C@@](C)(NC(=O)OCc1ccccc1)C(=O)O. The predicted octanol–water partition coefficient (Wildman–Crippen LogP) is 3.11. The lowest BCUT2D eigenvalue weighted by Gasteiger charge is -2.25. The van der Waals surface area contributed by atoms with Gasteiger partial charge in [0.15, 0.2) is 0 Å². The van der Waals surface area contributed by atoms with E-state index in [0.717, 1.165) is 5.56 Å². The van der Waals surface area contributed by atoms with Crippen LogP contribution in [0.3, 0.4) is 0 Å². The summed E-state index contributed by atoms with van der Waals surface area (Å²) in [5.74, 6) is -1.08. The molecule has 0 aliphatic carbocycles. The smallest absolute Gasteiger partial charge is 0.408 e. The number of amides is 1. The van der Waals surface area contributed by atoms with Gasteiger partial charge in [-0.25, -0.2) is 9.59 Å². The number of rotatable bonds is 8. The molecule has 0 saturated heterocycles. The molecule has 0 saturated carbocycles. The maximum Gasteiger partial charge on any atom is 0.408 e. The van der Waals surface area contributed by atoms with E-state index in [2.05, 4.69) is 11.9 Å². The molecule has 0 unspecified atom stereocenters. The molecule has 0 aromatic heterocycles. The third kappa shape index (κ3) is 5.69. The number of hydrogen-bond acceptors (Lipinski definition) is 3. The Bertz CT molecular complexity index is 486. The van der Waals surface area contributed by atoms with E-state index in [1.54, 1.807) is 6.08 Å². The number of unbranched alkanes of at least 4 members (excludes halogenated alkanes) is 1. The Morgan fingerprint density at radius 2 is 2.05 bits per heavy atom. The van der Waals surface area contributed by atoms with Crippen LogP contribution in [-0.2, 0) is 16.1 Å². The Morgan fingerprint density at radius 3 is 2.62 bits per heavy atom. The lowest BCUT2D eigenvalue weighted by molar-refractivity contribution is -0.144. The highest BCUT2D eigenvalue weighted by atomic mass is 16.5. The van der Waals surface area contributed by atoms with Gasteiger partial charge in [0.25, 0.3) is 0 Å². The Kier molecular flexibility index (Phi) is 6.46. The van der Waals surface area contributed by atoms with Crippen LogP contribution in [0.25, 0.3) is 0 Å². The molecule has 0 heterocycles. The summed E-state index contributed by atoms with van der Waals surface area (Å²) in [5.41, 5.74) is -0.493. The summed E-state index contributed by atoms with van der Waals surface area (Å²) in [7, 11) is 0. The normalized spacial score (nSPS) is 13.0. The molecule has 5 heteroatoms. The van der Waals surface area contributed by atoms with Crippen molar-refractivity contribution in [2.24, 2.45) is 0 Å². The van der Waals surface area contributed by atoms with E-state index in [9.17, 15) is 14.7 Å². The van der Waals surface area contributed by atoms with Crippen LogP contribution in [0.15, 0.2) is 43.0 Å². The van der Waals surface area contributed by atoms with E-state index in [-0.39, 0.29) is 6.61 Å². The first-order chi connectivity index (χ1) is 9.98. The van der Waals surface area contributed by atoms with Gasteiger partial charge in [0.05, 0.1) is 0 Å². The van der Waals surface area contributed by atoms with Crippen molar-refractivity contribution in [3.63, 3.8) is 0 Å². The highest BCUT2D eigenvalue weighted by molar-refractivity contribution is 5.83. The quantitative estimate of drug-likeness (QED) is 0.570. The number of ether oxygens (including phenoxy) is 1. The molecule has 0 aliphatic rings. The average molecular weight is 291 g/mol. The predicted molar refractivity (Wildman–Crippen MR) is 79.9 cm³/mol. The molecule has 0 radical (unpaired) electrons. The number of aliphatic carboxylic acids is 1. The van der Waals surface area contributed by atoms with Crippen LogP contribution in [0.1, 0.15) is 31.7 Å². The van der Waals surface area contributed by atoms with Crippen LogP contribution in [0.4, 0.5) is 4.79 Å². The standard InChI is InChI=1S/C16H21NO4/c1-3-4-8-11-16(2,14(18)19)17-15(20)21-12-13-9-6-5-7-10-13/h3,5-7,9-10H,1,4,8,11-12H2,2H3,(H,17,20)(H,18,19)/t16-/m1/s1. The number of hydrogen-bond donors (Lipinski definition) is 2. The van der Waals surface area contributed by atoms with Crippen molar-refractivity contribution in [1.82, 2.24) is 5.32 Å². The van der Waals surface area contributed by atoms with E-state index in [1.165, 1.54) is 6.92 Å². The number of alkyl carbamates (subject to hydrolysis) is 1. The molecule has 1 aromatic carbocycles. The number of benzene rings is 1. The Hall–Kier alpha value is -2.30. The van der Waals surface area contributed by atoms with Crippen molar-refractivity contribution in [3.05, 3.63) is 48.6 Å². The monoisotopic (exact) mass is 291 g/mol. The van der Waals surface area contributed by atoms with Crippen LogP contribution >= 0.6 is 0 Å². The highest BCUT2D eigenvalue weighted by Gasteiger charge is 2.34. The summed E-state index contributed by atoms with van der Waals surface area (Å²) in [5, 5.41) is 11.7. The van der Waals surface area contributed by atoms with Crippen LogP contribution in [0.2, 0.25) is 0 Å². The van der Waals surface area contributed by atoms with Crippen molar-refractivity contribution in [3.8, 4) is 0 Å². The minimum atomic E-state index is -1.34. The number of carbonyl (C=O) groups is 2. The molecule has 2 N–H and O–H groups in total. The maximum atomic E-state index is 11.8. The lowest BCUT2D eigenvalue weighted by atomic mass is 9.95. The van der Waals surface area contributed by atoms with Crippen molar-refractivity contribution >= 4 is 12.1 Å². The van der Waals surface area contributed by atoms with Crippen LogP contribution in [-0.4, -0.2) is 22.7 Å². The van der Waals surface area contributed by atoms with Gasteiger partial charge in [-0.05, 0) is 31.7 Å². The van der Waals surface area contributed by atoms with Crippen molar-refractivity contribution < 1.29 is 19.4 Å². The fraction of sp³-hybridized carbons (Fsp3) is 0.375. The summed E-state index contributed by atoms with van der Waals surface area (Å²) in [6.07, 6.45) is 2.63. The number of nitrogens with one attached hydrogen (secondary N) is 1. The summed E-state index contributed by atoms with van der Waals surface area (Å²) in [6, 6.07) is 9.20. The Morgan fingerprint density at radius 1 is 1.38 bits per heavy atom. The number of carboxylic acids is 1. The highest BCUT2D eigenvalue weighted by Crippen LogP contribution is 2.15. The Balaban J connectivity index is 2.52. The molecule has 5 nitrogen and oxygen atoms in total. The number of carboxylic acid groups (broad SMARTS) is 1. The first-order valence-electron chi connectivity index (χ1n) is 6.81. The van der Waals surface area contributed by atoms with Crippen molar-refractivity contribution in [2.45, 2.75) is 38.3 Å². The van der Waals surface area contributed by atoms with Gasteiger partial charge in [-0.15, -0.1) is 6.58 Å². The summed E-state index contributed by atoms with van der Waals surface area (Å²) >= 11 is 0. The number of allylic oxidation sites excluding steroid dienone is 1. The van der Waals surface area contributed by atoms with Gasteiger partial charge in [-0.2, -0.15) is 0 Å². The van der Waals surface area contributed by atoms with Gasteiger partial charge in [0, 0.05) is 0 Å². The zero-order valence-electron chi connectivity index (χ0n) is 12.2. The van der Waals surface area contributed by atoms with Crippen LogP contribution < -0.4 is 5.32 Å². The topological polar surface area (TPSA) is 75.6 Å². The van der Waals surface area contributed by atoms with Gasteiger partial charge in [-0.1, -0.05) is 36.4 Å². The van der Waals surface area contributed by atoms with Gasteiger partial charge in [-0.3, -0.25) is 0 Å². The zero-order valence-corrected chi connectivity index (χ0v) is 12.2. The van der Waals surface area contributed by atoms with E-state index < -0.39 is 17.6 Å². The second-order valence-corrected chi connectivity index (χ2v) is 5.00. The minimum absolute atomic E-state index is 0.106. The molecule has 0 bridgehead atoms. The van der Waals surface area contributed by atoms with E-state index in [0.29, 0.717) is 19.3 Å². The third-order valence-electron chi connectivity index (χ3n) is 3.15. The molecule has 114 valence electrons. The lowest BCUT2D eigenvalue weighted by Crippen LogP contribution is -2.52. The molecule has 1 aromatic rings. The van der Waals surface area contributed by atoms with Gasteiger partial charge >= 0.3 is 12.1 Å². The van der Waals surface area contributed by atoms with Gasteiger partial charge < -0.3 is 15.2 Å². The molecule has 0 spiro atoms. The molecule has 0 aliphatic heterocycles. The largest absolute Gasteiger partial charge is 0.480 e. The minimum Gasteiger partial charge on any atom is -0.480 e. The first kappa shape index (κ1) is 16.8. The van der Waals surface area contributed by atoms with Crippen molar-refractivity contribution in [1.29, 1.82) is 0 Å². The van der Waals surface area contributed by atoms with E-state index in [4.69, 9.17) is 4.74 Å². The van der Waals surface area contributed by atoms with Gasteiger partial charge in [0.2, 0.25) is 0 Å². The van der Waals surface area contributed by atoms with E-state index >= 15 is 0 Å². The maximum absolute atomic E-state index is 11.8. The summed E-state index contributed by atoms with van der Waals surface area (Å²) < 4.78 is 5.05. The fourth-order valence-corrected chi connectivity index (χ4v) is 1.81.